The standard InChI is InChI=1S/C14H14N2O3/c1-18-11-4-2-3-5-12(11)19-13-8-9(14(16)17)6-7-10(13)15/h2-8H,15H2,1H3,(H2,16,17). The number of para-hydroxylation sites is 2. The molecule has 0 atom stereocenters. The first-order chi connectivity index (χ1) is 9.11. The van der Waals surface area contributed by atoms with E-state index in [1.807, 2.05) is 12.1 Å². The van der Waals surface area contributed by atoms with Crippen molar-refractivity contribution in [2.75, 3.05) is 12.8 Å². The molecule has 0 aliphatic rings. The van der Waals surface area contributed by atoms with Gasteiger partial charge in [0, 0.05) is 5.56 Å². The molecule has 0 unspecified atom stereocenters. The van der Waals surface area contributed by atoms with E-state index >= 15 is 0 Å². The zero-order valence-electron chi connectivity index (χ0n) is 10.4. The van der Waals surface area contributed by atoms with Gasteiger partial charge in [-0.1, -0.05) is 12.1 Å². The minimum atomic E-state index is -0.537. The summed E-state index contributed by atoms with van der Waals surface area (Å²) in [5.41, 5.74) is 11.8. The Labute approximate surface area is 110 Å². The number of anilines is 1. The van der Waals surface area contributed by atoms with Crippen LogP contribution in [-0.2, 0) is 0 Å². The third-order valence-corrected chi connectivity index (χ3v) is 2.59. The molecule has 0 aliphatic carbocycles. The van der Waals surface area contributed by atoms with Crippen molar-refractivity contribution >= 4 is 11.6 Å². The number of primary amides is 1. The van der Waals surface area contributed by atoms with Gasteiger partial charge >= 0.3 is 0 Å². The maximum absolute atomic E-state index is 11.1. The number of ether oxygens (including phenoxy) is 2. The predicted molar refractivity (Wildman–Crippen MR) is 72.4 cm³/mol. The summed E-state index contributed by atoms with van der Waals surface area (Å²) >= 11 is 0. The predicted octanol–water partition coefficient (Wildman–Crippen LogP) is 2.17. The maximum Gasteiger partial charge on any atom is 0.248 e. The van der Waals surface area contributed by atoms with E-state index in [-0.39, 0.29) is 0 Å². The van der Waals surface area contributed by atoms with Crippen molar-refractivity contribution in [2.45, 2.75) is 0 Å². The van der Waals surface area contributed by atoms with Crippen molar-refractivity contribution < 1.29 is 14.3 Å². The van der Waals surface area contributed by atoms with Gasteiger partial charge in [0.2, 0.25) is 5.91 Å². The molecule has 0 saturated heterocycles. The topological polar surface area (TPSA) is 87.6 Å². The van der Waals surface area contributed by atoms with Gasteiger partial charge in [0.25, 0.3) is 0 Å². The molecule has 4 N–H and O–H groups in total. The van der Waals surface area contributed by atoms with Crippen LogP contribution < -0.4 is 20.9 Å². The molecule has 1 amide bonds. The summed E-state index contributed by atoms with van der Waals surface area (Å²) in [4.78, 5) is 11.1. The monoisotopic (exact) mass is 258 g/mol. The summed E-state index contributed by atoms with van der Waals surface area (Å²) in [7, 11) is 1.55. The summed E-state index contributed by atoms with van der Waals surface area (Å²) < 4.78 is 10.8. The number of amides is 1. The van der Waals surface area contributed by atoms with Crippen LogP contribution in [0.3, 0.4) is 0 Å². The lowest BCUT2D eigenvalue weighted by molar-refractivity contribution is 0.1000. The lowest BCUT2D eigenvalue weighted by Crippen LogP contribution is -2.11. The maximum atomic E-state index is 11.1. The fourth-order valence-electron chi connectivity index (χ4n) is 1.60. The molecular formula is C14H14N2O3. The Kier molecular flexibility index (Phi) is 3.56. The molecule has 0 bridgehead atoms. The van der Waals surface area contributed by atoms with Crippen LogP contribution in [-0.4, -0.2) is 13.0 Å². The van der Waals surface area contributed by atoms with Crippen molar-refractivity contribution in [3.05, 3.63) is 48.0 Å². The Morgan fingerprint density at radius 3 is 2.37 bits per heavy atom. The van der Waals surface area contributed by atoms with Gasteiger partial charge in [-0.05, 0) is 30.3 Å². The number of benzene rings is 2. The summed E-state index contributed by atoms with van der Waals surface area (Å²) in [6.45, 7) is 0. The number of methoxy groups -OCH3 is 1. The van der Waals surface area contributed by atoms with E-state index in [1.54, 1.807) is 31.4 Å². The number of rotatable bonds is 4. The smallest absolute Gasteiger partial charge is 0.248 e. The van der Waals surface area contributed by atoms with Crippen molar-refractivity contribution in [3.63, 3.8) is 0 Å². The molecule has 5 nitrogen and oxygen atoms in total. The molecular weight excluding hydrogens is 244 g/mol. The van der Waals surface area contributed by atoms with Crippen LogP contribution in [0.25, 0.3) is 0 Å². The van der Waals surface area contributed by atoms with Crippen LogP contribution in [0.1, 0.15) is 10.4 Å². The van der Waals surface area contributed by atoms with Gasteiger partial charge in [0.15, 0.2) is 17.2 Å². The van der Waals surface area contributed by atoms with E-state index in [2.05, 4.69) is 0 Å². The van der Waals surface area contributed by atoms with Gasteiger partial charge < -0.3 is 20.9 Å². The van der Waals surface area contributed by atoms with E-state index in [1.165, 1.54) is 6.07 Å². The molecule has 2 aromatic carbocycles. The molecule has 0 radical (unpaired) electrons. The Balaban J connectivity index is 2.37. The quantitative estimate of drug-likeness (QED) is 0.823. The van der Waals surface area contributed by atoms with Gasteiger partial charge in [-0.2, -0.15) is 0 Å². The fraction of sp³-hybridized carbons (Fsp3) is 0.0714. The molecule has 5 heteroatoms. The third-order valence-electron chi connectivity index (χ3n) is 2.59. The Morgan fingerprint density at radius 2 is 1.74 bits per heavy atom. The number of hydrogen-bond acceptors (Lipinski definition) is 4. The van der Waals surface area contributed by atoms with Crippen LogP contribution in [0, 0.1) is 0 Å². The average Bonchev–Trinajstić information content (AvgIpc) is 2.41. The lowest BCUT2D eigenvalue weighted by atomic mass is 10.2. The van der Waals surface area contributed by atoms with Crippen LogP contribution in [0.15, 0.2) is 42.5 Å². The molecule has 0 spiro atoms. The number of nitrogen functional groups attached to an aromatic ring is 1. The second kappa shape index (κ2) is 5.30. The van der Waals surface area contributed by atoms with Gasteiger partial charge in [-0.15, -0.1) is 0 Å². The van der Waals surface area contributed by atoms with Crippen molar-refractivity contribution in [2.24, 2.45) is 5.73 Å². The number of carbonyl (C=O) groups is 1. The molecule has 0 saturated carbocycles. The zero-order chi connectivity index (χ0) is 13.8. The summed E-state index contributed by atoms with van der Waals surface area (Å²) in [6.07, 6.45) is 0. The normalized spacial score (nSPS) is 9.95. The summed E-state index contributed by atoms with van der Waals surface area (Å²) in [6, 6.07) is 11.8. The average molecular weight is 258 g/mol. The Morgan fingerprint density at radius 1 is 1.05 bits per heavy atom. The number of carbonyl (C=O) groups excluding carboxylic acids is 1. The highest BCUT2D eigenvalue weighted by molar-refractivity contribution is 5.93. The number of nitrogens with two attached hydrogens (primary N) is 2. The van der Waals surface area contributed by atoms with E-state index in [9.17, 15) is 4.79 Å². The number of hydrogen-bond donors (Lipinski definition) is 2. The molecule has 2 rings (SSSR count). The van der Waals surface area contributed by atoms with Crippen LogP contribution in [0.4, 0.5) is 5.69 Å². The van der Waals surface area contributed by atoms with Crippen molar-refractivity contribution in [3.8, 4) is 17.2 Å². The molecule has 0 fully saturated rings. The fourth-order valence-corrected chi connectivity index (χ4v) is 1.60. The van der Waals surface area contributed by atoms with Gasteiger partial charge in [0.05, 0.1) is 12.8 Å². The first kappa shape index (κ1) is 12.8. The van der Waals surface area contributed by atoms with Crippen molar-refractivity contribution in [1.82, 2.24) is 0 Å². The first-order valence-corrected chi connectivity index (χ1v) is 5.62. The second-order valence-electron chi connectivity index (χ2n) is 3.87. The molecule has 0 aromatic heterocycles. The zero-order valence-corrected chi connectivity index (χ0v) is 10.4. The highest BCUT2D eigenvalue weighted by atomic mass is 16.5. The molecule has 2 aromatic rings. The highest BCUT2D eigenvalue weighted by Crippen LogP contribution is 2.34. The Bertz CT molecular complexity index is 611. The van der Waals surface area contributed by atoms with Gasteiger partial charge in [0.1, 0.15) is 0 Å². The third kappa shape index (κ3) is 2.77. The minimum Gasteiger partial charge on any atom is -0.493 e. The summed E-state index contributed by atoms with van der Waals surface area (Å²) in [5, 5.41) is 0. The van der Waals surface area contributed by atoms with E-state index < -0.39 is 5.91 Å². The van der Waals surface area contributed by atoms with Crippen molar-refractivity contribution in [1.29, 1.82) is 0 Å². The molecule has 98 valence electrons. The lowest BCUT2D eigenvalue weighted by Gasteiger charge is -2.12. The second-order valence-corrected chi connectivity index (χ2v) is 3.87. The first-order valence-electron chi connectivity index (χ1n) is 5.62. The van der Waals surface area contributed by atoms with Gasteiger partial charge in [-0.25, -0.2) is 0 Å². The largest absolute Gasteiger partial charge is 0.493 e. The van der Waals surface area contributed by atoms with Gasteiger partial charge in [-0.3, -0.25) is 4.79 Å². The minimum absolute atomic E-state index is 0.332. The van der Waals surface area contributed by atoms with Crippen LogP contribution in [0.5, 0.6) is 17.2 Å². The highest BCUT2D eigenvalue weighted by Gasteiger charge is 2.09. The molecule has 0 heterocycles. The van der Waals surface area contributed by atoms with Crippen LogP contribution in [0.2, 0.25) is 0 Å². The molecule has 0 aliphatic heterocycles. The summed E-state index contributed by atoms with van der Waals surface area (Å²) in [5.74, 6) is 0.912. The molecule has 19 heavy (non-hydrogen) atoms. The Hall–Kier alpha value is -2.69. The van der Waals surface area contributed by atoms with Crippen LogP contribution >= 0.6 is 0 Å². The van der Waals surface area contributed by atoms with E-state index in [0.29, 0.717) is 28.5 Å². The van der Waals surface area contributed by atoms with E-state index in [4.69, 9.17) is 20.9 Å². The SMILES string of the molecule is COc1ccccc1Oc1cc(C(N)=O)ccc1N. The van der Waals surface area contributed by atoms with E-state index in [0.717, 1.165) is 0 Å².